The third kappa shape index (κ3) is 1.25. The summed E-state index contributed by atoms with van der Waals surface area (Å²) >= 11 is 0.807. The van der Waals surface area contributed by atoms with Crippen molar-refractivity contribution in [1.29, 1.82) is 0 Å². The van der Waals surface area contributed by atoms with Gasteiger partial charge in [-0.1, -0.05) is 11.3 Å². The van der Waals surface area contributed by atoms with Gasteiger partial charge in [0.15, 0.2) is 5.51 Å². The van der Waals surface area contributed by atoms with Gasteiger partial charge in [-0.15, -0.1) is 15.3 Å². The highest BCUT2D eigenvalue weighted by atomic mass is 32.1. The van der Waals surface area contributed by atoms with Crippen molar-refractivity contribution in [1.82, 2.24) is 19.8 Å². The second-order valence-corrected chi connectivity index (χ2v) is 2.99. The summed E-state index contributed by atoms with van der Waals surface area (Å²) in [5.41, 5.74) is -0.666. The van der Waals surface area contributed by atoms with Crippen LogP contribution in [0.4, 0.5) is 13.2 Å². The van der Waals surface area contributed by atoms with Crippen LogP contribution >= 0.6 is 11.3 Å². The Balaban J connectivity index is 2.81. The first-order valence-electron chi connectivity index (χ1n) is 3.20. The van der Waals surface area contributed by atoms with Crippen molar-refractivity contribution in [2.24, 2.45) is 0 Å². The maximum Gasteiger partial charge on any atom is 0.440 e. The number of rotatable bonds is 0. The molecule has 0 unspecified atom stereocenters. The third-order valence-electron chi connectivity index (χ3n) is 1.36. The third-order valence-corrected chi connectivity index (χ3v) is 1.97. The zero-order valence-corrected chi connectivity index (χ0v) is 7.06. The lowest BCUT2D eigenvalue weighted by Crippen LogP contribution is -2.28. The summed E-state index contributed by atoms with van der Waals surface area (Å²) in [7, 11) is 0. The number of halogens is 3. The molecule has 0 aliphatic carbocycles. The number of alkyl halides is 3. The average Bonchev–Trinajstić information content (AvgIpc) is 2.50. The second-order valence-electron chi connectivity index (χ2n) is 2.24. The molecule has 5 nitrogen and oxygen atoms in total. The van der Waals surface area contributed by atoms with Gasteiger partial charge in [-0.2, -0.15) is 17.7 Å². The number of hydrogen-bond acceptors (Lipinski definition) is 5. The van der Waals surface area contributed by atoms with Crippen LogP contribution in [0.2, 0.25) is 0 Å². The Morgan fingerprint density at radius 2 is 2.07 bits per heavy atom. The molecule has 0 bridgehead atoms. The van der Waals surface area contributed by atoms with Crippen molar-refractivity contribution in [2.45, 2.75) is 6.18 Å². The van der Waals surface area contributed by atoms with E-state index in [1.807, 2.05) is 0 Å². The lowest BCUT2D eigenvalue weighted by molar-refractivity contribution is -0.143. The summed E-state index contributed by atoms with van der Waals surface area (Å²) in [5.74, 6) is 0. The van der Waals surface area contributed by atoms with E-state index in [0.29, 0.717) is 4.52 Å². The molecule has 73 valence electrons. The van der Waals surface area contributed by atoms with Crippen LogP contribution in [0.1, 0.15) is 5.69 Å². The van der Waals surface area contributed by atoms with E-state index in [1.165, 1.54) is 0 Å². The number of aromatic nitrogens is 4. The molecular weight excluding hydrogens is 221 g/mol. The van der Waals surface area contributed by atoms with E-state index in [2.05, 4.69) is 20.8 Å². The minimum Gasteiger partial charge on any atom is -0.265 e. The largest absolute Gasteiger partial charge is 0.440 e. The molecular formula is C5F3N4OS. The van der Waals surface area contributed by atoms with Gasteiger partial charge in [0.2, 0.25) is 10.7 Å². The summed E-state index contributed by atoms with van der Waals surface area (Å²) in [6.45, 7) is 0. The maximum atomic E-state index is 12.1. The Hall–Kier alpha value is -1.51. The number of fused-ring (bicyclic) bond motifs is 1. The smallest absolute Gasteiger partial charge is 0.265 e. The van der Waals surface area contributed by atoms with Gasteiger partial charge in [0, 0.05) is 0 Å². The van der Waals surface area contributed by atoms with Gasteiger partial charge in [0.1, 0.15) is 0 Å². The fourth-order valence-electron chi connectivity index (χ4n) is 0.797. The van der Waals surface area contributed by atoms with Crippen molar-refractivity contribution in [3.8, 4) is 0 Å². The molecule has 0 aliphatic heterocycles. The highest BCUT2D eigenvalue weighted by Gasteiger charge is 2.37. The van der Waals surface area contributed by atoms with Crippen molar-refractivity contribution in [2.75, 3.05) is 0 Å². The van der Waals surface area contributed by atoms with Crippen LogP contribution in [-0.4, -0.2) is 19.8 Å². The quantitative estimate of drug-likeness (QED) is 0.644. The van der Waals surface area contributed by atoms with Gasteiger partial charge in [-0.25, -0.2) is 0 Å². The summed E-state index contributed by atoms with van der Waals surface area (Å²) < 4.78 is 36.9. The van der Waals surface area contributed by atoms with Crippen molar-refractivity contribution < 1.29 is 13.2 Å². The Morgan fingerprint density at radius 3 is 2.71 bits per heavy atom. The molecule has 2 aromatic heterocycles. The van der Waals surface area contributed by atoms with Crippen LogP contribution in [0.15, 0.2) is 4.79 Å². The number of hydrogen-bond donors (Lipinski definition) is 0. The normalized spacial score (nSPS) is 12.2. The first-order chi connectivity index (χ1) is 6.50. The molecule has 0 atom stereocenters. The molecule has 2 rings (SSSR count). The fraction of sp³-hybridized carbons (Fsp3) is 0.200. The fourth-order valence-corrected chi connectivity index (χ4v) is 1.29. The molecule has 2 aromatic rings. The van der Waals surface area contributed by atoms with Crippen LogP contribution in [0.5, 0.6) is 0 Å². The molecule has 0 N–H and O–H groups in total. The van der Waals surface area contributed by atoms with Crippen LogP contribution < -0.4 is 5.56 Å². The SMILES string of the molecule is O=c1c(C(F)(F)F)nnc2s[c]nn12. The predicted octanol–water partition coefficient (Wildman–Crippen LogP) is 0.365. The first-order valence-corrected chi connectivity index (χ1v) is 4.01. The zero-order chi connectivity index (χ0) is 10.3. The summed E-state index contributed by atoms with van der Waals surface area (Å²) in [6, 6.07) is 0. The van der Waals surface area contributed by atoms with Gasteiger partial charge in [0.05, 0.1) is 0 Å². The molecule has 0 spiro atoms. The molecule has 0 amide bonds. The Kier molecular flexibility index (Phi) is 1.77. The van der Waals surface area contributed by atoms with Gasteiger partial charge in [0.25, 0.3) is 0 Å². The van der Waals surface area contributed by atoms with E-state index in [4.69, 9.17) is 0 Å². The Labute approximate surface area is 77.8 Å². The van der Waals surface area contributed by atoms with E-state index < -0.39 is 17.4 Å². The zero-order valence-electron chi connectivity index (χ0n) is 6.24. The molecule has 0 aromatic carbocycles. The molecule has 2 heterocycles. The van der Waals surface area contributed by atoms with E-state index in [-0.39, 0.29) is 4.96 Å². The molecule has 0 saturated heterocycles. The lowest BCUT2D eigenvalue weighted by Gasteiger charge is -2.01. The maximum absolute atomic E-state index is 12.1. The summed E-state index contributed by atoms with van der Waals surface area (Å²) in [6.07, 6.45) is -4.81. The highest BCUT2D eigenvalue weighted by molar-refractivity contribution is 7.14. The second kappa shape index (κ2) is 2.74. The van der Waals surface area contributed by atoms with Crippen molar-refractivity contribution >= 4 is 16.3 Å². The molecule has 0 fully saturated rings. The summed E-state index contributed by atoms with van der Waals surface area (Å²) in [5, 5.41) is 9.27. The molecule has 0 aliphatic rings. The van der Waals surface area contributed by atoms with Crippen molar-refractivity contribution in [3.63, 3.8) is 0 Å². The molecule has 1 radical (unpaired) electrons. The van der Waals surface area contributed by atoms with Crippen LogP contribution in [0.25, 0.3) is 4.96 Å². The minimum absolute atomic E-state index is 0.0250. The van der Waals surface area contributed by atoms with Gasteiger partial charge in [-0.05, 0) is 0 Å². The average molecular weight is 221 g/mol. The van der Waals surface area contributed by atoms with Gasteiger partial charge >= 0.3 is 11.7 Å². The van der Waals surface area contributed by atoms with Crippen LogP contribution in [0, 0.1) is 5.51 Å². The van der Waals surface area contributed by atoms with Crippen LogP contribution in [-0.2, 0) is 6.18 Å². The number of nitrogens with zero attached hydrogens (tertiary/aromatic N) is 4. The monoisotopic (exact) mass is 221 g/mol. The van der Waals surface area contributed by atoms with Gasteiger partial charge in [-0.3, -0.25) is 4.79 Å². The summed E-state index contributed by atoms with van der Waals surface area (Å²) in [4.78, 5) is 11.1. The standard InChI is InChI=1S/C5F3N4OS/c6-5(7,8)2-3(13)12-4(11-10-2)14-1-9-12. The lowest BCUT2D eigenvalue weighted by atomic mass is 10.4. The van der Waals surface area contributed by atoms with E-state index >= 15 is 0 Å². The van der Waals surface area contributed by atoms with E-state index in [0.717, 1.165) is 11.3 Å². The Bertz CT molecular complexity index is 529. The molecule has 14 heavy (non-hydrogen) atoms. The van der Waals surface area contributed by atoms with Crippen LogP contribution in [0.3, 0.4) is 0 Å². The first kappa shape index (κ1) is 9.06. The van der Waals surface area contributed by atoms with Crippen molar-refractivity contribution in [3.05, 3.63) is 21.6 Å². The van der Waals surface area contributed by atoms with E-state index in [1.54, 1.807) is 0 Å². The predicted molar refractivity (Wildman–Crippen MR) is 38.8 cm³/mol. The minimum atomic E-state index is -4.81. The molecule has 9 heteroatoms. The van der Waals surface area contributed by atoms with E-state index in [9.17, 15) is 18.0 Å². The Morgan fingerprint density at radius 1 is 1.36 bits per heavy atom. The topological polar surface area (TPSA) is 60.2 Å². The van der Waals surface area contributed by atoms with Gasteiger partial charge < -0.3 is 0 Å². The molecule has 0 saturated carbocycles. The highest BCUT2D eigenvalue weighted by Crippen LogP contribution is 2.24.